The van der Waals surface area contributed by atoms with Crippen LogP contribution in [0.1, 0.15) is 38.5 Å². The maximum Gasteiger partial charge on any atom is 0.317 e. The highest BCUT2D eigenvalue weighted by Crippen LogP contribution is 2.26. The molecule has 0 atom stereocenters. The van der Waals surface area contributed by atoms with Crippen LogP contribution in [0.5, 0.6) is 0 Å². The molecule has 1 saturated carbocycles. The summed E-state index contributed by atoms with van der Waals surface area (Å²) in [5.41, 5.74) is 0. The first-order chi connectivity index (χ1) is 8.25. The fourth-order valence-electron chi connectivity index (χ4n) is 3.05. The van der Waals surface area contributed by atoms with E-state index in [1.54, 1.807) is 0 Å². The summed E-state index contributed by atoms with van der Waals surface area (Å²) < 4.78 is 5.35. The number of rotatable bonds is 5. The Morgan fingerprint density at radius 1 is 1.18 bits per heavy atom. The quantitative estimate of drug-likeness (QED) is 0.796. The van der Waals surface area contributed by atoms with Gasteiger partial charge in [0, 0.05) is 25.8 Å². The third kappa shape index (κ3) is 3.96. The summed E-state index contributed by atoms with van der Waals surface area (Å²) in [6.45, 7) is 2.84. The summed E-state index contributed by atoms with van der Waals surface area (Å²) >= 11 is 0. The Morgan fingerprint density at radius 2 is 1.82 bits per heavy atom. The van der Waals surface area contributed by atoms with E-state index >= 15 is 0 Å². The smallest absolute Gasteiger partial charge is 0.317 e. The van der Waals surface area contributed by atoms with Crippen LogP contribution in [0.3, 0.4) is 0 Å². The molecule has 0 spiro atoms. The Kier molecular flexibility index (Phi) is 4.80. The topological polar surface area (TPSA) is 49.8 Å². The molecule has 1 N–H and O–H groups in total. The molecule has 0 aromatic carbocycles. The molecule has 1 aliphatic heterocycles. The van der Waals surface area contributed by atoms with Crippen molar-refractivity contribution in [1.82, 2.24) is 4.90 Å². The maximum atomic E-state index is 10.9. The maximum absolute atomic E-state index is 10.9. The lowest BCUT2D eigenvalue weighted by molar-refractivity contribution is -0.139. The second-order valence-electron chi connectivity index (χ2n) is 5.32. The van der Waals surface area contributed by atoms with Crippen molar-refractivity contribution in [3.05, 3.63) is 0 Å². The highest BCUT2D eigenvalue weighted by atomic mass is 16.5. The van der Waals surface area contributed by atoms with Gasteiger partial charge >= 0.3 is 5.97 Å². The zero-order chi connectivity index (χ0) is 12.1. The number of carboxylic acid groups (broad SMARTS) is 1. The predicted octanol–water partition coefficient (Wildman–Crippen LogP) is 1.74. The van der Waals surface area contributed by atoms with Crippen LogP contribution in [0.25, 0.3) is 0 Å². The highest BCUT2D eigenvalue weighted by molar-refractivity contribution is 5.69. The standard InChI is InChI=1S/C13H23NO3/c15-13(16)10-14(12-3-1-2-4-12)9-11-5-7-17-8-6-11/h11-12H,1-10H2,(H,15,16). The molecular weight excluding hydrogens is 218 g/mol. The number of carboxylic acids is 1. The Hall–Kier alpha value is -0.610. The van der Waals surface area contributed by atoms with Gasteiger partial charge in [-0.3, -0.25) is 9.69 Å². The average molecular weight is 241 g/mol. The zero-order valence-corrected chi connectivity index (χ0v) is 10.4. The molecule has 1 heterocycles. The molecule has 4 heteroatoms. The fourth-order valence-corrected chi connectivity index (χ4v) is 3.05. The predicted molar refractivity (Wildman–Crippen MR) is 65.0 cm³/mol. The first-order valence-electron chi connectivity index (χ1n) is 6.79. The molecule has 4 nitrogen and oxygen atoms in total. The first-order valence-corrected chi connectivity index (χ1v) is 6.79. The van der Waals surface area contributed by atoms with Gasteiger partial charge in [0.25, 0.3) is 0 Å². The highest BCUT2D eigenvalue weighted by Gasteiger charge is 2.27. The Bertz CT molecular complexity index is 245. The molecule has 0 unspecified atom stereocenters. The number of nitrogens with zero attached hydrogens (tertiary/aromatic N) is 1. The lowest BCUT2D eigenvalue weighted by Crippen LogP contribution is -2.41. The van der Waals surface area contributed by atoms with Crippen LogP contribution in [0.4, 0.5) is 0 Å². The summed E-state index contributed by atoms with van der Waals surface area (Å²) in [7, 11) is 0. The summed E-state index contributed by atoms with van der Waals surface area (Å²) in [4.78, 5) is 13.1. The van der Waals surface area contributed by atoms with Gasteiger partial charge in [0.15, 0.2) is 0 Å². The number of carbonyl (C=O) groups is 1. The Morgan fingerprint density at radius 3 is 2.41 bits per heavy atom. The Labute approximate surface area is 103 Å². The number of hydrogen-bond donors (Lipinski definition) is 1. The minimum Gasteiger partial charge on any atom is -0.480 e. The zero-order valence-electron chi connectivity index (χ0n) is 10.4. The summed E-state index contributed by atoms with van der Waals surface area (Å²) in [5, 5.41) is 9.01. The van der Waals surface area contributed by atoms with Gasteiger partial charge in [0.05, 0.1) is 6.54 Å². The SMILES string of the molecule is O=C(O)CN(CC1CCOCC1)C1CCCC1. The monoisotopic (exact) mass is 241 g/mol. The van der Waals surface area contributed by atoms with Crippen LogP contribution in [0.2, 0.25) is 0 Å². The molecule has 2 fully saturated rings. The van der Waals surface area contributed by atoms with E-state index < -0.39 is 5.97 Å². The number of hydrogen-bond acceptors (Lipinski definition) is 3. The van der Waals surface area contributed by atoms with Gasteiger partial charge in [-0.15, -0.1) is 0 Å². The largest absolute Gasteiger partial charge is 0.480 e. The Balaban J connectivity index is 1.86. The molecular formula is C13H23NO3. The molecule has 17 heavy (non-hydrogen) atoms. The van der Waals surface area contributed by atoms with Gasteiger partial charge in [-0.2, -0.15) is 0 Å². The van der Waals surface area contributed by atoms with Crippen LogP contribution in [0.15, 0.2) is 0 Å². The molecule has 2 rings (SSSR count). The van der Waals surface area contributed by atoms with E-state index in [1.165, 1.54) is 25.7 Å². The van der Waals surface area contributed by atoms with Crippen molar-refractivity contribution >= 4 is 5.97 Å². The normalized spacial score (nSPS) is 23.4. The average Bonchev–Trinajstić information content (AvgIpc) is 2.82. The molecule has 0 aromatic rings. The van der Waals surface area contributed by atoms with Crippen LogP contribution >= 0.6 is 0 Å². The van der Waals surface area contributed by atoms with Crippen LogP contribution in [0, 0.1) is 5.92 Å². The van der Waals surface area contributed by atoms with E-state index in [2.05, 4.69) is 4.90 Å². The second kappa shape index (κ2) is 6.36. The first kappa shape index (κ1) is 12.8. The van der Waals surface area contributed by atoms with Crippen LogP contribution in [-0.4, -0.2) is 48.3 Å². The van der Waals surface area contributed by atoms with Crippen LogP contribution < -0.4 is 0 Å². The summed E-state index contributed by atoms with van der Waals surface area (Å²) in [6.07, 6.45) is 7.04. The van der Waals surface area contributed by atoms with Crippen molar-refractivity contribution in [3.8, 4) is 0 Å². The minimum atomic E-state index is -0.691. The van der Waals surface area contributed by atoms with E-state index in [1.807, 2.05) is 0 Å². The van der Waals surface area contributed by atoms with Crippen molar-refractivity contribution in [3.63, 3.8) is 0 Å². The van der Waals surface area contributed by atoms with E-state index in [9.17, 15) is 4.79 Å². The van der Waals surface area contributed by atoms with Crippen molar-refractivity contribution in [1.29, 1.82) is 0 Å². The van der Waals surface area contributed by atoms with Gasteiger partial charge in [0.1, 0.15) is 0 Å². The van der Waals surface area contributed by atoms with E-state index in [4.69, 9.17) is 9.84 Å². The third-order valence-electron chi connectivity index (χ3n) is 4.01. The van der Waals surface area contributed by atoms with Gasteiger partial charge < -0.3 is 9.84 Å². The van der Waals surface area contributed by atoms with E-state index in [0.29, 0.717) is 12.0 Å². The van der Waals surface area contributed by atoms with Gasteiger partial charge in [-0.25, -0.2) is 0 Å². The molecule has 1 aliphatic carbocycles. The van der Waals surface area contributed by atoms with Crippen molar-refractivity contribution in [2.45, 2.75) is 44.6 Å². The second-order valence-corrected chi connectivity index (χ2v) is 5.32. The molecule has 0 aromatic heterocycles. The van der Waals surface area contributed by atoms with Gasteiger partial charge in [-0.1, -0.05) is 12.8 Å². The molecule has 2 aliphatic rings. The van der Waals surface area contributed by atoms with Crippen LogP contribution in [-0.2, 0) is 9.53 Å². The summed E-state index contributed by atoms with van der Waals surface area (Å²) in [5.74, 6) is -0.0624. The number of aliphatic carboxylic acids is 1. The van der Waals surface area contributed by atoms with Gasteiger partial charge in [-0.05, 0) is 31.6 Å². The van der Waals surface area contributed by atoms with Gasteiger partial charge in [0.2, 0.25) is 0 Å². The molecule has 0 bridgehead atoms. The molecule has 1 saturated heterocycles. The molecule has 98 valence electrons. The third-order valence-corrected chi connectivity index (χ3v) is 4.01. The molecule has 0 amide bonds. The van der Waals surface area contributed by atoms with Crippen molar-refractivity contribution in [2.75, 3.05) is 26.3 Å². The lowest BCUT2D eigenvalue weighted by Gasteiger charge is -2.32. The van der Waals surface area contributed by atoms with Crippen molar-refractivity contribution < 1.29 is 14.6 Å². The summed E-state index contributed by atoms with van der Waals surface area (Å²) in [6, 6.07) is 0.508. The van der Waals surface area contributed by atoms with Crippen molar-refractivity contribution in [2.24, 2.45) is 5.92 Å². The lowest BCUT2D eigenvalue weighted by atomic mass is 9.98. The van der Waals surface area contributed by atoms with E-state index in [0.717, 1.165) is 32.6 Å². The molecule has 0 radical (unpaired) electrons. The minimum absolute atomic E-state index is 0.210. The van der Waals surface area contributed by atoms with E-state index in [-0.39, 0.29) is 6.54 Å². The number of ether oxygens (including phenoxy) is 1. The fraction of sp³-hybridized carbons (Fsp3) is 0.923.